The van der Waals surface area contributed by atoms with Gasteiger partial charge in [-0.25, -0.2) is 9.78 Å². The quantitative estimate of drug-likeness (QED) is 0.746. The fourth-order valence-corrected chi connectivity index (χ4v) is 2.81. The minimum atomic E-state index is -0.529. The number of carbonyl (C=O) groups is 1. The first-order valence-corrected chi connectivity index (χ1v) is 8.39. The third kappa shape index (κ3) is 3.56. The molecule has 0 saturated carbocycles. The Bertz CT molecular complexity index is 1050. The van der Waals surface area contributed by atoms with E-state index in [1.165, 1.54) is 10.8 Å². The second-order valence-electron chi connectivity index (χ2n) is 6.34. The van der Waals surface area contributed by atoms with E-state index in [4.69, 9.17) is 0 Å². The Morgan fingerprint density at radius 1 is 1.08 bits per heavy atom. The maximum Gasteiger partial charge on any atom is 0.332 e. The normalized spacial score (nSPS) is 11.0. The number of nitrogens with zero attached hydrogens (tertiary/aromatic N) is 3. The van der Waals surface area contributed by atoms with Crippen LogP contribution in [0.2, 0.25) is 0 Å². The Morgan fingerprint density at radius 3 is 2.50 bits per heavy atom. The molecular weight excluding hydrogens is 332 g/mol. The molecule has 1 aromatic carbocycles. The molecule has 3 aromatic rings. The van der Waals surface area contributed by atoms with Gasteiger partial charge < -0.3 is 5.32 Å². The molecule has 3 rings (SSSR count). The minimum Gasteiger partial charge on any atom is -0.352 e. The van der Waals surface area contributed by atoms with E-state index >= 15 is 0 Å². The number of aromatic nitrogens is 3. The molecule has 0 radical (unpaired) electrons. The van der Waals surface area contributed by atoms with Crippen LogP contribution in [0.4, 0.5) is 0 Å². The summed E-state index contributed by atoms with van der Waals surface area (Å²) < 4.78 is 2.41. The molecule has 26 heavy (non-hydrogen) atoms. The van der Waals surface area contributed by atoms with E-state index < -0.39 is 11.2 Å². The fourth-order valence-electron chi connectivity index (χ4n) is 2.81. The summed E-state index contributed by atoms with van der Waals surface area (Å²) in [5, 5.41) is 2.76. The van der Waals surface area contributed by atoms with Gasteiger partial charge in [0.2, 0.25) is 5.91 Å². The molecule has 1 amide bonds. The zero-order chi connectivity index (χ0) is 18.7. The maximum atomic E-state index is 12.9. The average Bonchev–Trinajstić information content (AvgIpc) is 2.62. The van der Waals surface area contributed by atoms with Crippen LogP contribution in [-0.2, 0) is 17.9 Å². The van der Waals surface area contributed by atoms with E-state index in [1.54, 1.807) is 12.1 Å². The van der Waals surface area contributed by atoms with Crippen molar-refractivity contribution in [1.29, 1.82) is 0 Å². The molecule has 7 nitrogen and oxygen atoms in total. The van der Waals surface area contributed by atoms with Crippen molar-refractivity contribution in [3.63, 3.8) is 0 Å². The van der Waals surface area contributed by atoms with Gasteiger partial charge in [-0.3, -0.25) is 18.7 Å². The molecule has 0 fully saturated rings. The van der Waals surface area contributed by atoms with Crippen molar-refractivity contribution < 1.29 is 4.79 Å². The molecule has 0 bridgehead atoms. The SMILES string of the molecule is CC(C)NC(=O)Cn1c(=O)n(Cc2ccccc2)c(=O)c2ncccc21. The molecule has 0 atom stereocenters. The summed E-state index contributed by atoms with van der Waals surface area (Å²) in [5.74, 6) is -0.294. The predicted octanol–water partition coefficient (Wildman–Crippen LogP) is 1.13. The number of carbonyl (C=O) groups excluding carboxylic acids is 1. The molecule has 0 saturated heterocycles. The van der Waals surface area contributed by atoms with Gasteiger partial charge in [0.1, 0.15) is 6.54 Å². The van der Waals surface area contributed by atoms with E-state index in [0.717, 1.165) is 10.1 Å². The van der Waals surface area contributed by atoms with E-state index in [-0.39, 0.29) is 30.6 Å². The first-order chi connectivity index (χ1) is 12.5. The molecule has 134 valence electrons. The molecule has 1 N–H and O–H groups in total. The van der Waals surface area contributed by atoms with Gasteiger partial charge in [-0.2, -0.15) is 0 Å². The van der Waals surface area contributed by atoms with Crippen LogP contribution < -0.4 is 16.6 Å². The Hall–Kier alpha value is -3.22. The number of hydrogen-bond acceptors (Lipinski definition) is 4. The van der Waals surface area contributed by atoms with Crippen molar-refractivity contribution >= 4 is 16.9 Å². The molecule has 0 aliphatic heterocycles. The summed E-state index contributed by atoms with van der Waals surface area (Å²) in [6.07, 6.45) is 1.50. The van der Waals surface area contributed by atoms with Gasteiger partial charge in [-0.1, -0.05) is 30.3 Å². The summed E-state index contributed by atoms with van der Waals surface area (Å²) in [5.41, 5.74) is 0.347. The van der Waals surface area contributed by atoms with E-state index in [0.29, 0.717) is 5.52 Å². The first-order valence-electron chi connectivity index (χ1n) is 8.39. The monoisotopic (exact) mass is 352 g/mol. The lowest BCUT2D eigenvalue weighted by atomic mass is 10.2. The van der Waals surface area contributed by atoms with Gasteiger partial charge in [0, 0.05) is 12.2 Å². The molecule has 7 heteroatoms. The molecule has 0 spiro atoms. The molecule has 0 unspecified atom stereocenters. The highest BCUT2D eigenvalue weighted by Gasteiger charge is 2.16. The minimum absolute atomic E-state index is 0.0437. The van der Waals surface area contributed by atoms with Gasteiger partial charge in [-0.05, 0) is 31.5 Å². The highest BCUT2D eigenvalue weighted by molar-refractivity contribution is 5.79. The molecule has 2 aromatic heterocycles. The third-order valence-electron chi connectivity index (χ3n) is 3.92. The van der Waals surface area contributed by atoms with Crippen molar-refractivity contribution in [1.82, 2.24) is 19.4 Å². The molecular formula is C19H20N4O3. The van der Waals surface area contributed by atoms with Crippen molar-refractivity contribution in [3.8, 4) is 0 Å². The van der Waals surface area contributed by atoms with Crippen LogP contribution in [0.1, 0.15) is 19.4 Å². The molecule has 0 aliphatic carbocycles. The van der Waals surface area contributed by atoms with Crippen molar-refractivity contribution in [2.24, 2.45) is 0 Å². The molecule has 2 heterocycles. The summed E-state index contributed by atoms with van der Waals surface area (Å²) >= 11 is 0. The van der Waals surface area contributed by atoms with Crippen LogP contribution in [0.25, 0.3) is 11.0 Å². The highest BCUT2D eigenvalue weighted by atomic mass is 16.2. The number of hydrogen-bond donors (Lipinski definition) is 1. The second kappa shape index (κ2) is 7.35. The lowest BCUT2D eigenvalue weighted by Crippen LogP contribution is -2.43. The lowest BCUT2D eigenvalue weighted by molar-refractivity contribution is -0.122. The topological polar surface area (TPSA) is 86.0 Å². The van der Waals surface area contributed by atoms with Gasteiger partial charge >= 0.3 is 5.69 Å². The van der Waals surface area contributed by atoms with Crippen molar-refractivity contribution in [3.05, 3.63) is 75.1 Å². The van der Waals surface area contributed by atoms with Crippen LogP contribution in [0.15, 0.2) is 58.3 Å². The van der Waals surface area contributed by atoms with Gasteiger partial charge in [0.15, 0.2) is 5.52 Å². The van der Waals surface area contributed by atoms with Crippen LogP contribution in [0.5, 0.6) is 0 Å². The number of nitrogens with one attached hydrogen (secondary N) is 1. The van der Waals surface area contributed by atoms with Crippen LogP contribution in [0.3, 0.4) is 0 Å². The van der Waals surface area contributed by atoms with Crippen molar-refractivity contribution in [2.45, 2.75) is 33.0 Å². The maximum absolute atomic E-state index is 12.9. The average molecular weight is 352 g/mol. The Balaban J connectivity index is 2.15. The number of rotatable bonds is 5. The number of amides is 1. The van der Waals surface area contributed by atoms with Crippen LogP contribution in [-0.4, -0.2) is 26.1 Å². The first kappa shape index (κ1) is 17.6. The number of pyridine rings is 1. The number of fused-ring (bicyclic) bond motifs is 1. The third-order valence-corrected chi connectivity index (χ3v) is 3.92. The smallest absolute Gasteiger partial charge is 0.332 e. The van der Waals surface area contributed by atoms with Crippen LogP contribution in [0, 0.1) is 0 Å². The second-order valence-corrected chi connectivity index (χ2v) is 6.34. The fraction of sp³-hybridized carbons (Fsp3) is 0.263. The summed E-state index contributed by atoms with van der Waals surface area (Å²) in [7, 11) is 0. The van der Waals surface area contributed by atoms with Gasteiger partial charge in [0.05, 0.1) is 12.1 Å². The Labute approximate surface area is 149 Å². The summed E-state index contributed by atoms with van der Waals surface area (Å²) in [6, 6.07) is 12.4. The van der Waals surface area contributed by atoms with Gasteiger partial charge in [0.25, 0.3) is 5.56 Å². The van der Waals surface area contributed by atoms with Gasteiger partial charge in [-0.15, -0.1) is 0 Å². The van der Waals surface area contributed by atoms with Crippen molar-refractivity contribution in [2.75, 3.05) is 0 Å². The van der Waals surface area contributed by atoms with E-state index in [9.17, 15) is 14.4 Å². The van der Waals surface area contributed by atoms with E-state index in [1.807, 2.05) is 44.2 Å². The standard InChI is InChI=1S/C19H20N4O3/c1-13(2)21-16(24)12-22-15-9-6-10-20-17(15)18(25)23(19(22)26)11-14-7-4-3-5-8-14/h3-10,13H,11-12H2,1-2H3,(H,21,24). The zero-order valence-electron chi connectivity index (χ0n) is 14.7. The lowest BCUT2D eigenvalue weighted by Gasteiger charge is -2.14. The molecule has 0 aliphatic rings. The van der Waals surface area contributed by atoms with Crippen LogP contribution >= 0.6 is 0 Å². The zero-order valence-corrected chi connectivity index (χ0v) is 14.7. The predicted molar refractivity (Wildman–Crippen MR) is 99.1 cm³/mol. The largest absolute Gasteiger partial charge is 0.352 e. The highest BCUT2D eigenvalue weighted by Crippen LogP contribution is 2.06. The van der Waals surface area contributed by atoms with E-state index in [2.05, 4.69) is 10.3 Å². The summed E-state index contributed by atoms with van der Waals surface area (Å²) in [4.78, 5) is 42.0. The Kier molecular flexibility index (Phi) is 4.97. The summed E-state index contributed by atoms with van der Waals surface area (Å²) in [6.45, 7) is 3.64. The Morgan fingerprint density at radius 2 is 1.81 bits per heavy atom. The number of benzene rings is 1.